The molecule has 0 saturated heterocycles. The molecule has 0 atom stereocenters. The molecule has 172 valence electrons. The summed E-state index contributed by atoms with van der Waals surface area (Å²) in [5, 5.41) is 2.42. The fourth-order valence-corrected chi connectivity index (χ4v) is 4.51. The summed E-state index contributed by atoms with van der Waals surface area (Å²) in [6, 6.07) is 26.3. The lowest BCUT2D eigenvalue weighted by Gasteiger charge is -2.11. The normalized spacial score (nSPS) is 10.7. The molecule has 1 nitrogen and oxygen atoms in total. The highest BCUT2D eigenvalue weighted by Gasteiger charge is 2.06. The number of hydrogen-bond acceptors (Lipinski definition) is 2. The second-order valence-electron chi connectivity index (χ2n) is 8.95. The minimum atomic E-state index is 0.862. The number of rotatable bonds is 14. The van der Waals surface area contributed by atoms with Crippen LogP contribution in [0.2, 0.25) is 0 Å². The van der Waals surface area contributed by atoms with Crippen molar-refractivity contribution < 1.29 is 0 Å². The van der Waals surface area contributed by atoms with E-state index in [9.17, 15) is 0 Å². The molecule has 0 spiro atoms. The smallest absolute Gasteiger partial charge is 0.0739 e. The Bertz CT molecular complexity index is 998. The Balaban J connectivity index is 1.51. The summed E-state index contributed by atoms with van der Waals surface area (Å²) in [6.07, 6.45) is 14.2. The molecule has 0 N–H and O–H groups in total. The quantitative estimate of drug-likeness (QED) is 0.134. The molecule has 3 aromatic carbocycles. The van der Waals surface area contributed by atoms with E-state index in [1.54, 1.807) is 0 Å². The molecule has 3 aromatic rings. The third-order valence-corrected chi connectivity index (χ3v) is 6.49. The van der Waals surface area contributed by atoms with Gasteiger partial charge in [0.2, 0.25) is 0 Å². The molecule has 0 unspecified atom stereocenters. The largest absolute Gasteiger partial charge is 0.195 e. The van der Waals surface area contributed by atoms with Gasteiger partial charge in [0.1, 0.15) is 0 Å². The molecule has 33 heavy (non-hydrogen) atoms. The van der Waals surface area contributed by atoms with Gasteiger partial charge in [-0.3, -0.25) is 0 Å². The van der Waals surface area contributed by atoms with Crippen molar-refractivity contribution in [3.63, 3.8) is 0 Å². The maximum atomic E-state index is 4.68. The van der Waals surface area contributed by atoms with Gasteiger partial charge in [-0.05, 0) is 77.9 Å². The van der Waals surface area contributed by atoms with Crippen LogP contribution < -0.4 is 0 Å². The van der Waals surface area contributed by atoms with Crippen molar-refractivity contribution in [1.29, 1.82) is 0 Å². The maximum Gasteiger partial charge on any atom is 0.0739 e. The lowest BCUT2D eigenvalue weighted by molar-refractivity contribution is 0.575. The first kappa shape index (κ1) is 25.1. The summed E-state index contributed by atoms with van der Waals surface area (Å²) in [4.78, 5) is 4.03. The van der Waals surface area contributed by atoms with Gasteiger partial charge in [-0.2, -0.15) is 4.99 Å². The van der Waals surface area contributed by atoms with Gasteiger partial charge in [-0.1, -0.05) is 113 Å². The Hall–Kier alpha value is -2.54. The van der Waals surface area contributed by atoms with Gasteiger partial charge in [0.25, 0.3) is 0 Å². The van der Waals surface area contributed by atoms with Gasteiger partial charge < -0.3 is 0 Å². The van der Waals surface area contributed by atoms with E-state index in [0.29, 0.717) is 0 Å². The van der Waals surface area contributed by atoms with Crippen molar-refractivity contribution >= 4 is 23.1 Å². The average Bonchev–Trinajstić information content (AvgIpc) is 2.86. The number of nitrogens with zero attached hydrogens (tertiary/aromatic N) is 1. The first-order valence-corrected chi connectivity index (χ1v) is 13.0. The van der Waals surface area contributed by atoms with Crippen LogP contribution in [0, 0.1) is 0 Å². The lowest BCUT2D eigenvalue weighted by atomic mass is 9.94. The summed E-state index contributed by atoms with van der Waals surface area (Å²) in [7, 11) is 0. The summed E-state index contributed by atoms with van der Waals surface area (Å²) in [6.45, 7) is 2.28. The number of isothiocyanates is 1. The standard InChI is InChI=1S/C31H37NS/c1-2-3-4-5-6-7-8-9-12-26-15-21-29(22-16-26)31-14-11-10-13-28(31)20-17-27-18-23-30(24-19-27)32-25-33/h10-11,13-16,18-19,21-24H,2-9,12,17,20H2,1H3. The predicted molar refractivity (Wildman–Crippen MR) is 147 cm³/mol. The fraction of sp³-hybridized carbons (Fsp3) is 0.387. The summed E-state index contributed by atoms with van der Waals surface area (Å²) in [5.41, 5.74) is 7.69. The number of thiocarbonyl (C=S) groups is 1. The number of benzene rings is 3. The molecule has 0 aliphatic heterocycles. The van der Waals surface area contributed by atoms with Crippen molar-refractivity contribution in [1.82, 2.24) is 0 Å². The summed E-state index contributed by atoms with van der Waals surface area (Å²) in [5.74, 6) is 0. The van der Waals surface area contributed by atoms with E-state index in [1.807, 2.05) is 12.1 Å². The average molecular weight is 456 g/mol. The summed E-state index contributed by atoms with van der Waals surface area (Å²) >= 11 is 4.68. The Labute approximate surface area is 206 Å². The molecule has 0 radical (unpaired) electrons. The predicted octanol–water partition coefficient (Wildman–Crippen LogP) is 9.56. The van der Waals surface area contributed by atoms with Crippen LogP contribution in [0.25, 0.3) is 11.1 Å². The van der Waals surface area contributed by atoms with E-state index in [-0.39, 0.29) is 0 Å². The van der Waals surface area contributed by atoms with Gasteiger partial charge in [-0.15, -0.1) is 0 Å². The zero-order valence-corrected chi connectivity index (χ0v) is 20.9. The van der Waals surface area contributed by atoms with Crippen LogP contribution in [0.4, 0.5) is 5.69 Å². The second kappa shape index (κ2) is 14.6. The SMILES string of the molecule is CCCCCCCCCCc1ccc(-c2ccccc2CCc2ccc(N=C=S)cc2)cc1. The highest BCUT2D eigenvalue weighted by molar-refractivity contribution is 7.78. The van der Waals surface area contributed by atoms with Crippen molar-refractivity contribution in [2.24, 2.45) is 4.99 Å². The van der Waals surface area contributed by atoms with E-state index >= 15 is 0 Å². The number of unbranched alkanes of at least 4 members (excludes halogenated alkanes) is 7. The first-order chi connectivity index (χ1) is 16.3. The van der Waals surface area contributed by atoms with Gasteiger partial charge in [0.15, 0.2) is 0 Å². The third kappa shape index (κ3) is 8.72. The molecular formula is C31H37NS. The maximum absolute atomic E-state index is 4.68. The van der Waals surface area contributed by atoms with Gasteiger partial charge >= 0.3 is 0 Å². The van der Waals surface area contributed by atoms with E-state index in [1.165, 1.54) is 85.6 Å². The topological polar surface area (TPSA) is 12.4 Å². The lowest BCUT2D eigenvalue weighted by Crippen LogP contribution is -1.95. The van der Waals surface area contributed by atoms with Gasteiger partial charge in [0, 0.05) is 0 Å². The van der Waals surface area contributed by atoms with E-state index in [2.05, 4.69) is 90.0 Å². The molecule has 2 heteroatoms. The van der Waals surface area contributed by atoms with E-state index in [4.69, 9.17) is 0 Å². The molecule has 0 aliphatic rings. The number of aryl methyl sites for hydroxylation is 3. The van der Waals surface area contributed by atoms with Crippen molar-refractivity contribution in [2.75, 3.05) is 0 Å². The van der Waals surface area contributed by atoms with Gasteiger partial charge in [-0.25, -0.2) is 0 Å². The summed E-state index contributed by atoms with van der Waals surface area (Å²) < 4.78 is 0. The fourth-order valence-electron chi connectivity index (χ4n) is 4.40. The van der Waals surface area contributed by atoms with Crippen molar-refractivity contribution in [2.45, 2.75) is 77.6 Å². The van der Waals surface area contributed by atoms with Crippen LogP contribution in [-0.2, 0) is 19.3 Å². The molecule has 0 aliphatic carbocycles. The molecule has 3 rings (SSSR count). The molecule has 0 fully saturated rings. The molecule has 0 saturated carbocycles. The van der Waals surface area contributed by atoms with Crippen molar-refractivity contribution in [3.8, 4) is 11.1 Å². The molecule has 0 aromatic heterocycles. The molecule has 0 heterocycles. The van der Waals surface area contributed by atoms with Crippen LogP contribution >= 0.6 is 12.2 Å². The van der Waals surface area contributed by atoms with E-state index in [0.717, 1.165) is 18.5 Å². The first-order valence-electron chi connectivity index (χ1n) is 12.6. The number of aliphatic imine (C=N–C) groups is 1. The molecular weight excluding hydrogens is 418 g/mol. The minimum Gasteiger partial charge on any atom is -0.195 e. The molecule has 0 amide bonds. The third-order valence-electron chi connectivity index (χ3n) is 6.40. The Morgan fingerprint density at radius 3 is 1.94 bits per heavy atom. The van der Waals surface area contributed by atoms with E-state index < -0.39 is 0 Å². The Morgan fingerprint density at radius 1 is 0.636 bits per heavy atom. The highest BCUT2D eigenvalue weighted by Crippen LogP contribution is 2.26. The van der Waals surface area contributed by atoms with Crippen LogP contribution in [-0.4, -0.2) is 5.16 Å². The minimum absolute atomic E-state index is 0.862. The number of hydrogen-bond donors (Lipinski definition) is 0. The highest BCUT2D eigenvalue weighted by atomic mass is 32.1. The second-order valence-corrected chi connectivity index (χ2v) is 9.13. The zero-order valence-electron chi connectivity index (χ0n) is 20.1. The zero-order chi connectivity index (χ0) is 23.1. The van der Waals surface area contributed by atoms with Crippen LogP contribution in [0.1, 0.15) is 75.0 Å². The Morgan fingerprint density at radius 2 is 1.24 bits per heavy atom. The monoisotopic (exact) mass is 455 g/mol. The molecule has 0 bridgehead atoms. The van der Waals surface area contributed by atoms with Crippen LogP contribution in [0.5, 0.6) is 0 Å². The van der Waals surface area contributed by atoms with Crippen LogP contribution in [0.3, 0.4) is 0 Å². The van der Waals surface area contributed by atoms with Gasteiger partial charge in [0.05, 0.1) is 10.8 Å². The van der Waals surface area contributed by atoms with Crippen LogP contribution in [0.15, 0.2) is 77.8 Å². The Kier molecular flexibility index (Phi) is 11.1. The van der Waals surface area contributed by atoms with Crippen molar-refractivity contribution in [3.05, 3.63) is 89.5 Å².